The second kappa shape index (κ2) is 6.99. The molecule has 0 saturated heterocycles. The molecule has 0 fully saturated rings. The van der Waals surface area contributed by atoms with Crippen molar-refractivity contribution in [3.05, 3.63) is 17.5 Å². The first kappa shape index (κ1) is 16.1. The average molecular weight is 306 g/mol. The number of carbonyl (C=O) groups excluding carboxylic acids is 1. The van der Waals surface area contributed by atoms with Crippen LogP contribution < -0.4 is 5.32 Å². The van der Waals surface area contributed by atoms with Crippen molar-refractivity contribution in [3.8, 4) is 0 Å². The fourth-order valence-electron chi connectivity index (χ4n) is 1.26. The van der Waals surface area contributed by atoms with Crippen molar-refractivity contribution in [3.63, 3.8) is 0 Å². The van der Waals surface area contributed by atoms with Crippen molar-refractivity contribution in [1.82, 2.24) is 9.62 Å². The maximum Gasteiger partial charge on any atom is 0.252 e. The van der Waals surface area contributed by atoms with Crippen LogP contribution in [-0.4, -0.2) is 50.5 Å². The smallest absolute Gasteiger partial charge is 0.252 e. The summed E-state index contributed by atoms with van der Waals surface area (Å²) in [5, 5.41) is 13.1. The Morgan fingerprint density at radius 1 is 1.58 bits per heavy atom. The predicted molar refractivity (Wildman–Crippen MR) is 73.4 cm³/mol. The van der Waals surface area contributed by atoms with Crippen LogP contribution in [0, 0.1) is 5.92 Å². The number of nitrogens with one attached hydrogen (secondary N) is 1. The highest BCUT2D eigenvalue weighted by atomic mass is 32.2. The lowest BCUT2D eigenvalue weighted by atomic mass is 10.2. The van der Waals surface area contributed by atoms with E-state index in [-0.39, 0.29) is 29.2 Å². The van der Waals surface area contributed by atoms with E-state index in [0.717, 1.165) is 15.6 Å². The maximum atomic E-state index is 12.0. The number of carbonyl (C=O) groups is 1. The molecule has 1 aromatic heterocycles. The quantitative estimate of drug-likeness (QED) is 0.749. The Labute approximate surface area is 117 Å². The molecule has 1 rings (SSSR count). The molecule has 6 nitrogen and oxygen atoms in total. The minimum Gasteiger partial charge on any atom is -0.396 e. The highest BCUT2D eigenvalue weighted by molar-refractivity contribution is 7.91. The van der Waals surface area contributed by atoms with Gasteiger partial charge in [0.1, 0.15) is 4.21 Å². The van der Waals surface area contributed by atoms with Gasteiger partial charge >= 0.3 is 0 Å². The highest BCUT2D eigenvalue weighted by Crippen LogP contribution is 2.19. The first-order chi connectivity index (χ1) is 8.87. The van der Waals surface area contributed by atoms with E-state index in [0.29, 0.717) is 6.54 Å². The summed E-state index contributed by atoms with van der Waals surface area (Å²) in [6.07, 6.45) is 0. The van der Waals surface area contributed by atoms with Gasteiger partial charge in [0, 0.05) is 20.2 Å². The van der Waals surface area contributed by atoms with Crippen molar-refractivity contribution in [2.24, 2.45) is 5.92 Å². The van der Waals surface area contributed by atoms with Crippen LogP contribution in [0.3, 0.4) is 0 Å². The van der Waals surface area contributed by atoms with E-state index >= 15 is 0 Å². The second-order valence-corrected chi connectivity index (χ2v) is 7.50. The van der Waals surface area contributed by atoms with Crippen LogP contribution in [0.4, 0.5) is 0 Å². The Morgan fingerprint density at radius 3 is 2.79 bits per heavy atom. The molecule has 0 bridgehead atoms. The molecule has 0 saturated carbocycles. The van der Waals surface area contributed by atoms with Gasteiger partial charge in [-0.05, 0) is 17.4 Å². The molecule has 8 heteroatoms. The minimum atomic E-state index is -3.59. The highest BCUT2D eigenvalue weighted by Gasteiger charge is 2.23. The molecule has 2 N–H and O–H groups in total. The number of amides is 1. The third-order valence-electron chi connectivity index (χ3n) is 2.49. The predicted octanol–water partition coefficient (Wildman–Crippen LogP) is 0.113. The van der Waals surface area contributed by atoms with Crippen LogP contribution in [-0.2, 0) is 14.8 Å². The molecule has 1 aromatic rings. The van der Waals surface area contributed by atoms with E-state index in [4.69, 9.17) is 5.11 Å². The molecular weight excluding hydrogens is 288 g/mol. The van der Waals surface area contributed by atoms with E-state index < -0.39 is 10.0 Å². The summed E-state index contributed by atoms with van der Waals surface area (Å²) in [7, 11) is -2.23. The Kier molecular flexibility index (Phi) is 5.92. The van der Waals surface area contributed by atoms with Gasteiger partial charge < -0.3 is 10.4 Å². The monoisotopic (exact) mass is 306 g/mol. The molecule has 1 amide bonds. The lowest BCUT2D eigenvalue weighted by Gasteiger charge is -2.16. The summed E-state index contributed by atoms with van der Waals surface area (Å²) in [6, 6.07) is 3.15. The number of nitrogens with zero attached hydrogens (tertiary/aromatic N) is 1. The van der Waals surface area contributed by atoms with Crippen LogP contribution in [0.1, 0.15) is 6.92 Å². The summed E-state index contributed by atoms with van der Waals surface area (Å²) < 4.78 is 25.3. The van der Waals surface area contributed by atoms with Crippen LogP contribution in [0.25, 0.3) is 0 Å². The van der Waals surface area contributed by atoms with Gasteiger partial charge in [-0.2, -0.15) is 4.31 Å². The number of hydrogen-bond acceptors (Lipinski definition) is 5. The third kappa shape index (κ3) is 4.57. The maximum absolute atomic E-state index is 12.0. The van der Waals surface area contributed by atoms with Crippen molar-refractivity contribution in [2.75, 3.05) is 26.7 Å². The zero-order valence-electron chi connectivity index (χ0n) is 10.9. The normalized spacial score (nSPS) is 13.5. The van der Waals surface area contributed by atoms with Crippen LogP contribution in [0.5, 0.6) is 0 Å². The topological polar surface area (TPSA) is 86.7 Å². The molecule has 108 valence electrons. The zero-order valence-corrected chi connectivity index (χ0v) is 12.5. The van der Waals surface area contributed by atoms with Crippen molar-refractivity contribution < 1.29 is 18.3 Å². The van der Waals surface area contributed by atoms with Gasteiger partial charge in [-0.3, -0.25) is 4.79 Å². The van der Waals surface area contributed by atoms with E-state index in [1.807, 2.05) is 0 Å². The molecule has 1 heterocycles. The summed E-state index contributed by atoms with van der Waals surface area (Å²) in [6.45, 7) is 1.84. The first-order valence-corrected chi connectivity index (χ1v) is 8.07. The van der Waals surface area contributed by atoms with Crippen LogP contribution in [0.2, 0.25) is 0 Å². The van der Waals surface area contributed by atoms with E-state index in [1.165, 1.54) is 13.1 Å². The molecular formula is C11H18N2O4S2. The first-order valence-electron chi connectivity index (χ1n) is 5.75. The molecule has 0 radical (unpaired) electrons. The number of hydrogen-bond donors (Lipinski definition) is 2. The Balaban J connectivity index is 2.55. The average Bonchev–Trinajstić information content (AvgIpc) is 2.90. The van der Waals surface area contributed by atoms with E-state index in [1.54, 1.807) is 18.4 Å². The van der Waals surface area contributed by atoms with Crippen LogP contribution in [0.15, 0.2) is 21.7 Å². The lowest BCUT2D eigenvalue weighted by molar-refractivity contribution is -0.121. The lowest BCUT2D eigenvalue weighted by Crippen LogP contribution is -2.39. The molecule has 0 aromatic carbocycles. The third-order valence-corrected chi connectivity index (χ3v) is 5.66. The summed E-state index contributed by atoms with van der Waals surface area (Å²) in [5.74, 6) is -0.439. The number of thiophene rings is 1. The fraction of sp³-hybridized carbons (Fsp3) is 0.545. The molecule has 1 unspecified atom stereocenters. The van der Waals surface area contributed by atoms with Gasteiger partial charge in [0.2, 0.25) is 5.91 Å². The Bertz CT molecular complexity index is 499. The van der Waals surface area contributed by atoms with Gasteiger partial charge in [-0.15, -0.1) is 11.3 Å². The number of likely N-dealkylation sites (N-methyl/N-ethyl adjacent to an activating group) is 1. The number of aliphatic hydroxyl groups excluding tert-OH is 1. The summed E-state index contributed by atoms with van der Waals surface area (Å²) >= 11 is 1.11. The van der Waals surface area contributed by atoms with Crippen LogP contribution >= 0.6 is 11.3 Å². The van der Waals surface area contributed by atoms with Gasteiger partial charge in [-0.1, -0.05) is 13.0 Å². The van der Waals surface area contributed by atoms with E-state index in [2.05, 4.69) is 5.32 Å². The van der Waals surface area contributed by atoms with Gasteiger partial charge in [0.25, 0.3) is 10.0 Å². The SMILES string of the molecule is CC(CO)CNC(=O)CN(C)S(=O)(=O)c1cccs1. The van der Waals surface area contributed by atoms with Crippen molar-refractivity contribution in [1.29, 1.82) is 0 Å². The second-order valence-electron chi connectivity index (χ2n) is 4.28. The number of rotatable bonds is 7. The van der Waals surface area contributed by atoms with Gasteiger partial charge in [-0.25, -0.2) is 8.42 Å². The Morgan fingerprint density at radius 2 is 2.26 bits per heavy atom. The largest absolute Gasteiger partial charge is 0.396 e. The van der Waals surface area contributed by atoms with Crippen molar-refractivity contribution >= 4 is 27.3 Å². The standard InChI is InChI=1S/C11H18N2O4S2/c1-9(8-14)6-12-10(15)7-13(2)19(16,17)11-4-3-5-18-11/h3-5,9,14H,6-8H2,1-2H3,(H,12,15). The van der Waals surface area contributed by atoms with Crippen molar-refractivity contribution in [2.45, 2.75) is 11.1 Å². The van der Waals surface area contributed by atoms with Gasteiger partial charge in [0.15, 0.2) is 0 Å². The summed E-state index contributed by atoms with van der Waals surface area (Å²) in [5.41, 5.74) is 0. The molecule has 0 spiro atoms. The molecule has 1 atom stereocenters. The minimum absolute atomic E-state index is 0.0242. The zero-order chi connectivity index (χ0) is 14.5. The van der Waals surface area contributed by atoms with E-state index in [9.17, 15) is 13.2 Å². The summed E-state index contributed by atoms with van der Waals surface area (Å²) in [4.78, 5) is 11.6. The molecule has 19 heavy (non-hydrogen) atoms. The Hall–Kier alpha value is -0.960. The number of aliphatic hydroxyl groups is 1. The number of sulfonamides is 1. The molecule has 0 aliphatic heterocycles. The molecule has 0 aliphatic rings. The molecule has 0 aliphatic carbocycles. The fourth-order valence-corrected chi connectivity index (χ4v) is 3.59. The van der Waals surface area contributed by atoms with Gasteiger partial charge in [0.05, 0.1) is 6.54 Å².